The zero-order valence-corrected chi connectivity index (χ0v) is 27.7. The van der Waals surface area contributed by atoms with Crippen molar-refractivity contribution in [2.24, 2.45) is 0 Å². The Balaban J connectivity index is 1.34. The molecule has 4 heterocycles. The van der Waals surface area contributed by atoms with Gasteiger partial charge in [0.2, 0.25) is 0 Å². The van der Waals surface area contributed by atoms with Crippen molar-refractivity contribution in [3.63, 3.8) is 0 Å². The second-order valence-electron chi connectivity index (χ2n) is 13.8. The van der Waals surface area contributed by atoms with Crippen molar-refractivity contribution in [3.05, 3.63) is 119 Å². The topological polar surface area (TPSA) is 117 Å². The fraction of sp³-hybridized carbons (Fsp3) is 0.308. The van der Waals surface area contributed by atoms with Crippen molar-refractivity contribution < 1.29 is 27.8 Å². The zero-order chi connectivity index (χ0) is 34.3. The number of aryl methyl sites for hydroxylation is 1. The number of aromatic amines is 2. The van der Waals surface area contributed by atoms with Crippen LogP contribution in [0.25, 0.3) is 22.3 Å². The van der Waals surface area contributed by atoms with Gasteiger partial charge in [0.1, 0.15) is 23.2 Å². The van der Waals surface area contributed by atoms with Crippen molar-refractivity contribution in [3.8, 4) is 22.9 Å². The number of carboxylic acid groups (broad SMARTS) is 1. The van der Waals surface area contributed by atoms with Crippen molar-refractivity contribution in [2.45, 2.75) is 76.5 Å². The molecule has 1 aliphatic rings. The Labute approximate surface area is 282 Å². The summed E-state index contributed by atoms with van der Waals surface area (Å²) in [6.07, 6.45) is 9.22. The number of oxazole rings is 1. The van der Waals surface area contributed by atoms with Crippen LogP contribution in [0.1, 0.15) is 86.9 Å². The normalized spacial score (nSPS) is 17.8. The minimum atomic E-state index is -0.847. The minimum absolute atomic E-state index is 0.0112. The third kappa shape index (κ3) is 6.35. The predicted molar refractivity (Wildman–Crippen MR) is 182 cm³/mol. The maximum absolute atomic E-state index is 15.7. The first-order valence-corrected chi connectivity index (χ1v) is 16.6. The first-order valence-electron chi connectivity index (χ1n) is 16.6. The number of hydrogen-bond acceptors (Lipinski definition) is 5. The number of hydrogen-bond donors (Lipinski definition) is 3. The van der Waals surface area contributed by atoms with Crippen LogP contribution in [0.4, 0.5) is 8.78 Å². The Morgan fingerprint density at radius 2 is 1.82 bits per heavy atom. The van der Waals surface area contributed by atoms with E-state index in [4.69, 9.17) is 9.15 Å². The van der Waals surface area contributed by atoms with E-state index in [1.807, 2.05) is 24.3 Å². The van der Waals surface area contributed by atoms with E-state index in [1.54, 1.807) is 18.6 Å². The van der Waals surface area contributed by atoms with E-state index in [-0.39, 0.29) is 35.3 Å². The molecule has 1 unspecified atom stereocenters. The van der Waals surface area contributed by atoms with Crippen molar-refractivity contribution >= 4 is 16.9 Å². The van der Waals surface area contributed by atoms with Gasteiger partial charge in [0.25, 0.3) is 0 Å². The van der Waals surface area contributed by atoms with Crippen LogP contribution in [0.2, 0.25) is 0 Å². The SMILES string of the molecule is CC1(C)CCCCC(C)(c2cccc(CCC(=O)O)c2)c2cnc([nH]2)-c2cc(ccc2F)Oc2c(F)cc3[nH]ccc3c2Cc2ncc1o2. The number of fused-ring (bicyclic) bond motifs is 10. The third-order valence-corrected chi connectivity index (χ3v) is 9.92. The van der Waals surface area contributed by atoms with Crippen LogP contribution in [0.15, 0.2) is 77.6 Å². The van der Waals surface area contributed by atoms with Crippen LogP contribution < -0.4 is 4.74 Å². The van der Waals surface area contributed by atoms with Crippen molar-refractivity contribution in [1.82, 2.24) is 19.9 Å². The molecule has 0 radical (unpaired) electrons. The number of carbonyl (C=O) groups is 1. The van der Waals surface area contributed by atoms with Crippen LogP contribution in [-0.2, 0) is 28.5 Å². The number of ether oxygens (including phenoxy) is 1. The summed E-state index contributed by atoms with van der Waals surface area (Å²) in [7, 11) is 0. The molecular weight excluding hydrogens is 626 g/mol. The smallest absolute Gasteiger partial charge is 0.303 e. The molecule has 7 rings (SSSR count). The summed E-state index contributed by atoms with van der Waals surface area (Å²) in [5, 5.41) is 10.0. The largest absolute Gasteiger partial charge is 0.481 e. The Morgan fingerprint density at radius 1 is 0.980 bits per heavy atom. The number of aliphatic carboxylic acids is 1. The highest BCUT2D eigenvalue weighted by Crippen LogP contribution is 2.41. The molecule has 1 atom stereocenters. The van der Waals surface area contributed by atoms with E-state index in [0.29, 0.717) is 29.2 Å². The number of halogens is 2. The van der Waals surface area contributed by atoms with E-state index < -0.39 is 23.0 Å². The van der Waals surface area contributed by atoms with Gasteiger partial charge in [-0.1, -0.05) is 51.0 Å². The van der Waals surface area contributed by atoms with E-state index in [1.165, 1.54) is 24.3 Å². The maximum atomic E-state index is 15.7. The van der Waals surface area contributed by atoms with Crippen LogP contribution in [0.5, 0.6) is 11.5 Å². The lowest BCUT2D eigenvalue weighted by Gasteiger charge is -2.30. The van der Waals surface area contributed by atoms with Gasteiger partial charge >= 0.3 is 5.97 Å². The molecule has 3 aromatic heterocycles. The van der Waals surface area contributed by atoms with E-state index in [2.05, 4.69) is 46.8 Å². The molecule has 8 nitrogen and oxygen atoms in total. The van der Waals surface area contributed by atoms with E-state index in [9.17, 15) is 9.90 Å². The third-order valence-electron chi connectivity index (χ3n) is 9.92. The average Bonchev–Trinajstić information content (AvgIpc) is 3.86. The molecule has 3 N–H and O–H groups in total. The fourth-order valence-corrected chi connectivity index (χ4v) is 6.90. The summed E-state index contributed by atoms with van der Waals surface area (Å²) in [4.78, 5) is 27.0. The predicted octanol–water partition coefficient (Wildman–Crippen LogP) is 9.38. The molecule has 0 aliphatic carbocycles. The molecule has 49 heavy (non-hydrogen) atoms. The molecule has 0 fully saturated rings. The Kier molecular flexibility index (Phi) is 8.34. The van der Waals surface area contributed by atoms with Crippen molar-refractivity contribution in [1.29, 1.82) is 0 Å². The Bertz CT molecular complexity index is 2160. The molecule has 10 heteroatoms. The second-order valence-corrected chi connectivity index (χ2v) is 13.8. The first-order chi connectivity index (χ1) is 23.5. The maximum Gasteiger partial charge on any atom is 0.303 e. The van der Waals surface area contributed by atoms with Gasteiger partial charge < -0.3 is 24.2 Å². The molecule has 252 valence electrons. The number of benzene rings is 3. The lowest BCUT2D eigenvalue weighted by Crippen LogP contribution is -2.25. The average molecular weight is 665 g/mol. The van der Waals surface area contributed by atoms with Gasteiger partial charge in [0.05, 0.1) is 18.2 Å². The molecule has 6 bridgehead atoms. The molecular formula is C39H38F2N4O4. The Hall–Kier alpha value is -5.25. The van der Waals surface area contributed by atoms with Gasteiger partial charge in [-0.15, -0.1) is 0 Å². The number of H-pyrrole nitrogens is 2. The first kappa shape index (κ1) is 32.3. The van der Waals surface area contributed by atoms with Crippen LogP contribution in [-0.4, -0.2) is 31.0 Å². The van der Waals surface area contributed by atoms with Gasteiger partial charge in [-0.25, -0.2) is 18.7 Å². The van der Waals surface area contributed by atoms with E-state index in [0.717, 1.165) is 53.7 Å². The zero-order valence-electron chi connectivity index (χ0n) is 27.7. The fourth-order valence-electron chi connectivity index (χ4n) is 6.90. The number of rotatable bonds is 4. The molecule has 0 saturated heterocycles. The van der Waals surface area contributed by atoms with Crippen LogP contribution in [0, 0.1) is 11.6 Å². The number of aromatic nitrogens is 4. The molecule has 0 saturated carbocycles. The highest BCUT2D eigenvalue weighted by atomic mass is 19.1. The number of carboxylic acids is 1. The number of imidazole rings is 1. The molecule has 6 aromatic rings. The lowest BCUT2D eigenvalue weighted by molar-refractivity contribution is -0.136. The lowest BCUT2D eigenvalue weighted by atomic mass is 9.74. The monoisotopic (exact) mass is 664 g/mol. The van der Waals surface area contributed by atoms with Crippen LogP contribution in [0.3, 0.4) is 0 Å². The van der Waals surface area contributed by atoms with Crippen LogP contribution >= 0.6 is 0 Å². The van der Waals surface area contributed by atoms with Gasteiger partial charge in [-0.2, -0.15) is 0 Å². The summed E-state index contributed by atoms with van der Waals surface area (Å²) in [5.41, 5.74) is 3.23. The molecule has 3 aromatic carbocycles. The summed E-state index contributed by atoms with van der Waals surface area (Å²) in [5.74, 6) is -0.165. The highest BCUT2D eigenvalue weighted by Gasteiger charge is 2.33. The van der Waals surface area contributed by atoms with E-state index >= 15 is 8.78 Å². The highest BCUT2D eigenvalue weighted by molar-refractivity contribution is 5.86. The summed E-state index contributed by atoms with van der Waals surface area (Å²) in [6, 6.07) is 15.5. The number of nitrogens with zero attached hydrogens (tertiary/aromatic N) is 2. The minimum Gasteiger partial charge on any atom is -0.481 e. The summed E-state index contributed by atoms with van der Waals surface area (Å²) >= 11 is 0. The molecule has 0 spiro atoms. The number of nitrogens with one attached hydrogen (secondary N) is 2. The second kappa shape index (κ2) is 12.7. The van der Waals surface area contributed by atoms with Gasteiger partial charge in [-0.3, -0.25) is 4.79 Å². The van der Waals surface area contributed by atoms with Gasteiger partial charge in [0, 0.05) is 57.9 Å². The molecule has 0 amide bonds. The van der Waals surface area contributed by atoms with Crippen molar-refractivity contribution in [2.75, 3.05) is 0 Å². The van der Waals surface area contributed by atoms with Gasteiger partial charge in [0.15, 0.2) is 17.5 Å². The molecule has 1 aliphatic heterocycles. The summed E-state index contributed by atoms with van der Waals surface area (Å²) in [6.45, 7) is 6.40. The quantitative estimate of drug-likeness (QED) is 0.173. The summed E-state index contributed by atoms with van der Waals surface area (Å²) < 4.78 is 43.8. The standard InChI is InChI=1S/C39H38F2N4O4/c1-38(2)14-4-5-15-39(3,24-8-6-7-23(17-24)9-12-35(46)47)32-21-44-37(45-32)28-18-25(10-11-29(28)40)48-36-27(19-34-43-22-33(38)49-34)26-13-16-42-31(26)20-30(36)41/h6-8,10-11,13,16-18,20-22,42H,4-5,9,12,14-15,19H2,1-3H3,(H,44,45)(H,46,47). The van der Waals surface area contributed by atoms with Gasteiger partial charge in [-0.05, 0) is 61.6 Å². The Morgan fingerprint density at radius 3 is 2.65 bits per heavy atom.